The molecule has 0 atom stereocenters. The van der Waals surface area contributed by atoms with Gasteiger partial charge in [-0.15, -0.1) is 28.1 Å². The lowest BCUT2D eigenvalue weighted by Crippen LogP contribution is -2.31. The number of amides is 1. The SMILES string of the molecule is C=CCN(Cc1cccs1)C(=O)CSc1nnc(-c2ccco2)n1C. The molecule has 1 amide bonds. The Morgan fingerprint density at radius 1 is 1.44 bits per heavy atom. The molecule has 3 aromatic heterocycles. The van der Waals surface area contributed by atoms with Gasteiger partial charge in [-0.2, -0.15) is 0 Å². The van der Waals surface area contributed by atoms with Crippen molar-refractivity contribution in [3.05, 3.63) is 53.4 Å². The predicted molar refractivity (Wildman–Crippen MR) is 99.4 cm³/mol. The largest absolute Gasteiger partial charge is 0.461 e. The van der Waals surface area contributed by atoms with Gasteiger partial charge < -0.3 is 13.9 Å². The van der Waals surface area contributed by atoms with Crippen molar-refractivity contribution >= 4 is 29.0 Å². The normalized spacial score (nSPS) is 10.8. The van der Waals surface area contributed by atoms with Crippen LogP contribution in [0.1, 0.15) is 4.88 Å². The number of rotatable bonds is 8. The van der Waals surface area contributed by atoms with Crippen molar-refractivity contribution in [1.82, 2.24) is 19.7 Å². The molecule has 0 saturated carbocycles. The highest BCUT2D eigenvalue weighted by Gasteiger charge is 2.17. The second-order valence-electron chi connectivity index (χ2n) is 5.27. The van der Waals surface area contributed by atoms with E-state index >= 15 is 0 Å². The lowest BCUT2D eigenvalue weighted by Gasteiger charge is -2.20. The van der Waals surface area contributed by atoms with Gasteiger partial charge in [-0.05, 0) is 23.6 Å². The first-order chi connectivity index (χ1) is 12.2. The average molecular weight is 374 g/mol. The lowest BCUT2D eigenvalue weighted by molar-refractivity contribution is -0.128. The molecular formula is C17H18N4O2S2. The van der Waals surface area contributed by atoms with E-state index in [9.17, 15) is 4.79 Å². The van der Waals surface area contributed by atoms with E-state index in [1.807, 2.05) is 35.2 Å². The molecule has 3 heterocycles. The maximum atomic E-state index is 12.6. The third-order valence-electron chi connectivity index (χ3n) is 3.53. The van der Waals surface area contributed by atoms with Gasteiger partial charge in [-0.1, -0.05) is 23.9 Å². The summed E-state index contributed by atoms with van der Waals surface area (Å²) in [6.45, 7) is 4.86. The number of thioether (sulfide) groups is 1. The lowest BCUT2D eigenvalue weighted by atomic mass is 10.4. The molecule has 0 radical (unpaired) electrons. The van der Waals surface area contributed by atoms with E-state index in [0.29, 0.717) is 35.6 Å². The summed E-state index contributed by atoms with van der Waals surface area (Å²) >= 11 is 3.01. The molecule has 0 spiro atoms. The van der Waals surface area contributed by atoms with Gasteiger partial charge in [0.1, 0.15) is 0 Å². The highest BCUT2D eigenvalue weighted by Crippen LogP contribution is 2.23. The fourth-order valence-electron chi connectivity index (χ4n) is 2.28. The second kappa shape index (κ2) is 8.17. The summed E-state index contributed by atoms with van der Waals surface area (Å²) in [5.74, 6) is 1.63. The van der Waals surface area contributed by atoms with Gasteiger partial charge in [0.2, 0.25) is 5.91 Å². The summed E-state index contributed by atoms with van der Waals surface area (Å²) in [6.07, 6.45) is 3.34. The van der Waals surface area contributed by atoms with E-state index in [4.69, 9.17) is 4.42 Å². The Labute approximate surface area is 154 Å². The molecule has 0 saturated heterocycles. The minimum absolute atomic E-state index is 0.0425. The summed E-state index contributed by atoms with van der Waals surface area (Å²) in [5, 5.41) is 11.0. The number of hydrogen-bond donors (Lipinski definition) is 0. The van der Waals surface area contributed by atoms with Gasteiger partial charge >= 0.3 is 0 Å². The van der Waals surface area contributed by atoms with Crippen LogP contribution in [0.4, 0.5) is 0 Å². The number of nitrogens with zero attached hydrogens (tertiary/aromatic N) is 4. The van der Waals surface area contributed by atoms with Crippen molar-refractivity contribution in [2.24, 2.45) is 7.05 Å². The Morgan fingerprint density at radius 2 is 2.32 bits per heavy atom. The van der Waals surface area contributed by atoms with Crippen molar-refractivity contribution in [2.75, 3.05) is 12.3 Å². The molecule has 0 aliphatic rings. The maximum Gasteiger partial charge on any atom is 0.233 e. The monoisotopic (exact) mass is 374 g/mol. The standard InChI is InChI=1S/C17H18N4O2S2/c1-3-8-21(11-13-6-5-10-24-13)15(22)12-25-17-19-18-16(20(17)2)14-7-4-9-23-14/h3-7,9-10H,1,8,11-12H2,2H3. The minimum Gasteiger partial charge on any atom is -0.461 e. The smallest absolute Gasteiger partial charge is 0.233 e. The van der Waals surface area contributed by atoms with Crippen LogP contribution in [0.25, 0.3) is 11.6 Å². The predicted octanol–water partition coefficient (Wildman–Crippen LogP) is 3.44. The van der Waals surface area contributed by atoms with Crippen LogP contribution in [0.2, 0.25) is 0 Å². The zero-order chi connectivity index (χ0) is 17.6. The minimum atomic E-state index is 0.0425. The summed E-state index contributed by atoms with van der Waals surface area (Å²) < 4.78 is 7.18. The fourth-order valence-corrected chi connectivity index (χ4v) is 3.81. The van der Waals surface area contributed by atoms with Crippen LogP contribution >= 0.6 is 23.1 Å². The van der Waals surface area contributed by atoms with Crippen LogP contribution < -0.4 is 0 Å². The van der Waals surface area contributed by atoms with Crippen LogP contribution in [0.3, 0.4) is 0 Å². The second-order valence-corrected chi connectivity index (χ2v) is 7.25. The van der Waals surface area contributed by atoms with E-state index < -0.39 is 0 Å². The van der Waals surface area contributed by atoms with Gasteiger partial charge in [0.05, 0.1) is 18.6 Å². The number of aromatic nitrogens is 3. The average Bonchev–Trinajstić information content (AvgIpc) is 3.34. The van der Waals surface area contributed by atoms with Gasteiger partial charge in [-0.25, -0.2) is 0 Å². The van der Waals surface area contributed by atoms with Crippen LogP contribution in [-0.4, -0.2) is 37.9 Å². The van der Waals surface area contributed by atoms with E-state index in [1.54, 1.807) is 34.6 Å². The first-order valence-electron chi connectivity index (χ1n) is 7.66. The molecule has 25 heavy (non-hydrogen) atoms. The Hall–Kier alpha value is -2.32. The van der Waals surface area contributed by atoms with Crippen molar-refractivity contribution < 1.29 is 9.21 Å². The van der Waals surface area contributed by atoms with Gasteiger partial charge in [-0.3, -0.25) is 4.79 Å². The Bertz CT molecular complexity index is 825. The van der Waals surface area contributed by atoms with Crippen molar-refractivity contribution in [2.45, 2.75) is 11.7 Å². The summed E-state index contributed by atoms with van der Waals surface area (Å²) in [6, 6.07) is 7.65. The quantitative estimate of drug-likeness (QED) is 0.446. The van der Waals surface area contributed by atoms with E-state index in [1.165, 1.54) is 11.8 Å². The molecule has 8 heteroatoms. The fraction of sp³-hybridized carbons (Fsp3) is 0.235. The number of hydrogen-bond acceptors (Lipinski definition) is 6. The molecule has 130 valence electrons. The summed E-state index contributed by atoms with van der Waals surface area (Å²) in [7, 11) is 1.86. The Kier molecular flexibility index (Phi) is 5.72. The van der Waals surface area contributed by atoms with Crippen LogP contribution in [0, 0.1) is 0 Å². The molecule has 0 unspecified atom stereocenters. The van der Waals surface area contributed by atoms with E-state index in [2.05, 4.69) is 16.8 Å². The van der Waals surface area contributed by atoms with E-state index in [0.717, 1.165) is 4.88 Å². The molecule has 3 aromatic rings. The van der Waals surface area contributed by atoms with Gasteiger partial charge in [0, 0.05) is 18.5 Å². The first-order valence-corrected chi connectivity index (χ1v) is 9.52. The molecule has 3 rings (SSSR count). The van der Waals surface area contributed by atoms with Crippen LogP contribution in [0.15, 0.2) is 58.1 Å². The molecule has 0 fully saturated rings. The van der Waals surface area contributed by atoms with Gasteiger partial charge in [0.25, 0.3) is 0 Å². The zero-order valence-electron chi connectivity index (χ0n) is 13.8. The number of thiophene rings is 1. The Balaban J connectivity index is 1.63. The number of furan rings is 1. The molecule has 0 aromatic carbocycles. The number of carbonyl (C=O) groups excluding carboxylic acids is 1. The molecular weight excluding hydrogens is 356 g/mol. The maximum absolute atomic E-state index is 12.6. The third kappa shape index (κ3) is 4.21. The van der Waals surface area contributed by atoms with Crippen molar-refractivity contribution in [1.29, 1.82) is 0 Å². The van der Waals surface area contributed by atoms with Gasteiger partial charge in [0.15, 0.2) is 16.7 Å². The zero-order valence-corrected chi connectivity index (χ0v) is 15.4. The van der Waals surface area contributed by atoms with Crippen molar-refractivity contribution in [3.8, 4) is 11.6 Å². The molecule has 0 aliphatic heterocycles. The summed E-state index contributed by atoms with van der Waals surface area (Å²) in [5.41, 5.74) is 0. The highest BCUT2D eigenvalue weighted by atomic mass is 32.2. The van der Waals surface area contributed by atoms with E-state index in [-0.39, 0.29) is 5.91 Å². The topological polar surface area (TPSA) is 64.2 Å². The molecule has 0 bridgehead atoms. The van der Waals surface area contributed by atoms with Crippen LogP contribution in [-0.2, 0) is 18.4 Å². The first kappa shape index (κ1) is 17.5. The van der Waals surface area contributed by atoms with Crippen LogP contribution in [0.5, 0.6) is 0 Å². The number of carbonyl (C=O) groups is 1. The third-order valence-corrected chi connectivity index (χ3v) is 5.40. The highest BCUT2D eigenvalue weighted by molar-refractivity contribution is 7.99. The Morgan fingerprint density at radius 3 is 3.00 bits per heavy atom. The van der Waals surface area contributed by atoms with Crippen molar-refractivity contribution in [3.63, 3.8) is 0 Å². The molecule has 6 nitrogen and oxygen atoms in total. The molecule has 0 aliphatic carbocycles. The molecule has 0 N–H and O–H groups in total. The summed E-state index contributed by atoms with van der Waals surface area (Å²) in [4.78, 5) is 15.5.